The minimum atomic E-state index is -0.427. The van der Waals surface area contributed by atoms with Gasteiger partial charge in [0.2, 0.25) is 0 Å². The lowest BCUT2D eigenvalue weighted by Gasteiger charge is -2.11. The Balaban J connectivity index is 2.42. The first-order chi connectivity index (χ1) is 7.04. The van der Waals surface area contributed by atoms with Crippen molar-refractivity contribution in [2.24, 2.45) is 5.92 Å². The molecule has 1 amide bonds. The third-order valence-electron chi connectivity index (χ3n) is 2.73. The standard InChI is InChI=1S/C11H17NO3/c1-7(2)10(13)8-4-5-9(6-8)12-11(14)15-3/h8-9H,1,4-6H2,2-3H3,(H,12,14). The Morgan fingerprint density at radius 3 is 2.60 bits per heavy atom. The van der Waals surface area contributed by atoms with Gasteiger partial charge in [-0.15, -0.1) is 0 Å². The molecule has 4 heteroatoms. The largest absolute Gasteiger partial charge is 0.453 e. The van der Waals surface area contributed by atoms with E-state index in [1.54, 1.807) is 6.92 Å². The van der Waals surface area contributed by atoms with Crippen LogP contribution in [0.2, 0.25) is 0 Å². The number of Topliss-reactive ketones (excluding diaryl/α,β-unsaturated/α-hetero) is 1. The lowest BCUT2D eigenvalue weighted by atomic mass is 9.98. The predicted molar refractivity (Wildman–Crippen MR) is 56.5 cm³/mol. The van der Waals surface area contributed by atoms with Gasteiger partial charge in [-0.05, 0) is 31.8 Å². The van der Waals surface area contributed by atoms with Crippen LogP contribution in [0.4, 0.5) is 4.79 Å². The van der Waals surface area contributed by atoms with Crippen LogP contribution >= 0.6 is 0 Å². The van der Waals surface area contributed by atoms with Crippen LogP contribution in [0.25, 0.3) is 0 Å². The number of allylic oxidation sites excluding steroid dienone is 1. The Morgan fingerprint density at radius 1 is 1.40 bits per heavy atom. The number of rotatable bonds is 3. The van der Waals surface area contributed by atoms with E-state index in [4.69, 9.17) is 0 Å². The number of amides is 1. The first-order valence-electron chi connectivity index (χ1n) is 5.08. The van der Waals surface area contributed by atoms with Crippen LogP contribution < -0.4 is 5.32 Å². The summed E-state index contributed by atoms with van der Waals surface area (Å²) in [7, 11) is 1.33. The summed E-state index contributed by atoms with van der Waals surface area (Å²) in [5.41, 5.74) is 0.596. The maximum absolute atomic E-state index is 11.6. The maximum Gasteiger partial charge on any atom is 0.407 e. The molecule has 0 aromatic rings. The third-order valence-corrected chi connectivity index (χ3v) is 2.73. The molecule has 0 aliphatic heterocycles. The number of methoxy groups -OCH3 is 1. The van der Waals surface area contributed by atoms with Crippen LogP contribution in [0.5, 0.6) is 0 Å². The fourth-order valence-corrected chi connectivity index (χ4v) is 1.92. The number of alkyl carbamates (subject to hydrolysis) is 1. The number of ether oxygens (including phenoxy) is 1. The first-order valence-corrected chi connectivity index (χ1v) is 5.08. The van der Waals surface area contributed by atoms with Gasteiger partial charge in [-0.1, -0.05) is 6.58 Å². The van der Waals surface area contributed by atoms with E-state index < -0.39 is 6.09 Å². The van der Waals surface area contributed by atoms with Gasteiger partial charge in [0.05, 0.1) is 7.11 Å². The first kappa shape index (κ1) is 11.8. The van der Waals surface area contributed by atoms with Gasteiger partial charge in [0.1, 0.15) is 0 Å². The second-order valence-corrected chi connectivity index (χ2v) is 3.99. The Kier molecular flexibility index (Phi) is 3.88. The summed E-state index contributed by atoms with van der Waals surface area (Å²) in [5.74, 6) is 0.133. The SMILES string of the molecule is C=C(C)C(=O)C1CCC(NC(=O)OC)C1. The summed E-state index contributed by atoms with van der Waals surface area (Å²) in [6.07, 6.45) is 1.92. The minimum absolute atomic E-state index is 0.0182. The van der Waals surface area contributed by atoms with Gasteiger partial charge in [-0.25, -0.2) is 4.79 Å². The summed E-state index contributed by atoms with van der Waals surface area (Å²) in [5, 5.41) is 2.71. The lowest BCUT2D eigenvalue weighted by molar-refractivity contribution is -0.119. The van der Waals surface area contributed by atoms with Crippen LogP contribution in [-0.4, -0.2) is 25.0 Å². The van der Waals surface area contributed by atoms with Gasteiger partial charge in [0.15, 0.2) is 5.78 Å². The summed E-state index contributed by atoms with van der Waals surface area (Å²) >= 11 is 0. The molecule has 1 saturated carbocycles. The van der Waals surface area contributed by atoms with E-state index in [0.29, 0.717) is 12.0 Å². The highest BCUT2D eigenvalue weighted by molar-refractivity contribution is 5.96. The smallest absolute Gasteiger partial charge is 0.407 e. The number of carbonyl (C=O) groups is 2. The minimum Gasteiger partial charge on any atom is -0.453 e. The molecule has 84 valence electrons. The molecule has 1 fully saturated rings. The molecule has 0 aromatic carbocycles. The van der Waals surface area contributed by atoms with Crippen LogP contribution in [0, 0.1) is 5.92 Å². The monoisotopic (exact) mass is 211 g/mol. The van der Waals surface area contributed by atoms with Gasteiger partial charge in [0, 0.05) is 12.0 Å². The fourth-order valence-electron chi connectivity index (χ4n) is 1.92. The van der Waals surface area contributed by atoms with Gasteiger partial charge in [-0.3, -0.25) is 4.79 Å². The van der Waals surface area contributed by atoms with Crippen molar-refractivity contribution in [3.8, 4) is 0 Å². The molecule has 1 aliphatic rings. The average Bonchev–Trinajstić information content (AvgIpc) is 2.64. The quantitative estimate of drug-likeness (QED) is 0.722. The topological polar surface area (TPSA) is 55.4 Å². The van der Waals surface area contributed by atoms with Crippen molar-refractivity contribution >= 4 is 11.9 Å². The molecule has 0 bridgehead atoms. The van der Waals surface area contributed by atoms with Crippen LogP contribution in [-0.2, 0) is 9.53 Å². The number of hydrogen-bond donors (Lipinski definition) is 1. The molecule has 0 saturated heterocycles. The predicted octanol–water partition coefficient (Wildman–Crippen LogP) is 1.66. The fraction of sp³-hybridized carbons (Fsp3) is 0.636. The van der Waals surface area contributed by atoms with E-state index in [1.807, 2.05) is 0 Å². The summed E-state index contributed by atoms with van der Waals surface area (Å²) in [6.45, 7) is 5.37. The molecule has 2 unspecified atom stereocenters. The molecular weight excluding hydrogens is 194 g/mol. The van der Waals surface area contributed by atoms with Crippen molar-refractivity contribution in [3.63, 3.8) is 0 Å². The van der Waals surface area contributed by atoms with Gasteiger partial charge in [-0.2, -0.15) is 0 Å². The molecule has 1 rings (SSSR count). The van der Waals surface area contributed by atoms with Gasteiger partial charge in [0.25, 0.3) is 0 Å². The molecular formula is C11H17NO3. The second-order valence-electron chi connectivity index (χ2n) is 3.99. The van der Waals surface area contributed by atoms with Crippen molar-refractivity contribution < 1.29 is 14.3 Å². The van der Waals surface area contributed by atoms with E-state index in [1.165, 1.54) is 7.11 Å². The van der Waals surface area contributed by atoms with E-state index in [0.717, 1.165) is 12.8 Å². The molecule has 0 heterocycles. The zero-order chi connectivity index (χ0) is 11.4. The molecule has 0 spiro atoms. The zero-order valence-corrected chi connectivity index (χ0v) is 9.21. The van der Waals surface area contributed by atoms with E-state index >= 15 is 0 Å². The highest BCUT2D eigenvalue weighted by Crippen LogP contribution is 2.28. The lowest BCUT2D eigenvalue weighted by Crippen LogP contribution is -2.33. The maximum atomic E-state index is 11.6. The zero-order valence-electron chi connectivity index (χ0n) is 9.21. The molecule has 0 radical (unpaired) electrons. The normalized spacial score (nSPS) is 24.7. The van der Waals surface area contributed by atoms with Gasteiger partial charge < -0.3 is 10.1 Å². The van der Waals surface area contributed by atoms with E-state index in [2.05, 4.69) is 16.6 Å². The Labute approximate surface area is 89.7 Å². The van der Waals surface area contributed by atoms with Crippen molar-refractivity contribution in [1.82, 2.24) is 5.32 Å². The number of hydrogen-bond acceptors (Lipinski definition) is 3. The summed E-state index contributed by atoms with van der Waals surface area (Å²) < 4.78 is 4.50. The summed E-state index contributed by atoms with van der Waals surface area (Å²) in [6, 6.07) is 0.0609. The second kappa shape index (κ2) is 4.96. The molecule has 4 nitrogen and oxygen atoms in total. The number of carbonyl (C=O) groups excluding carboxylic acids is 2. The van der Waals surface area contributed by atoms with Crippen molar-refractivity contribution in [2.45, 2.75) is 32.2 Å². The third kappa shape index (κ3) is 3.08. The van der Waals surface area contributed by atoms with E-state index in [-0.39, 0.29) is 17.7 Å². The van der Waals surface area contributed by atoms with Crippen molar-refractivity contribution in [1.29, 1.82) is 0 Å². The molecule has 15 heavy (non-hydrogen) atoms. The number of ketones is 1. The molecule has 0 aromatic heterocycles. The highest BCUT2D eigenvalue weighted by Gasteiger charge is 2.30. The average molecular weight is 211 g/mol. The molecule has 2 atom stereocenters. The molecule has 1 aliphatic carbocycles. The van der Waals surface area contributed by atoms with Crippen molar-refractivity contribution in [3.05, 3.63) is 12.2 Å². The van der Waals surface area contributed by atoms with Gasteiger partial charge >= 0.3 is 6.09 Å². The molecule has 1 N–H and O–H groups in total. The highest BCUT2D eigenvalue weighted by atomic mass is 16.5. The Hall–Kier alpha value is -1.32. The van der Waals surface area contributed by atoms with Crippen LogP contribution in [0.15, 0.2) is 12.2 Å². The van der Waals surface area contributed by atoms with Crippen LogP contribution in [0.1, 0.15) is 26.2 Å². The van der Waals surface area contributed by atoms with Crippen molar-refractivity contribution in [2.75, 3.05) is 7.11 Å². The van der Waals surface area contributed by atoms with Crippen LogP contribution in [0.3, 0.4) is 0 Å². The number of nitrogens with one attached hydrogen (secondary N) is 1. The summed E-state index contributed by atoms with van der Waals surface area (Å²) in [4.78, 5) is 22.5. The van der Waals surface area contributed by atoms with E-state index in [9.17, 15) is 9.59 Å². The Bertz CT molecular complexity index is 286. The Morgan fingerprint density at radius 2 is 2.07 bits per heavy atom.